The lowest BCUT2D eigenvalue weighted by Crippen LogP contribution is -2.43. The first kappa shape index (κ1) is 53.7. The fourth-order valence-electron chi connectivity index (χ4n) is 5.00. The van der Waals surface area contributed by atoms with Crippen molar-refractivity contribution in [3.63, 3.8) is 0 Å². The van der Waals surface area contributed by atoms with E-state index < -0.39 is 40.6 Å². The lowest BCUT2D eigenvalue weighted by Gasteiger charge is -2.32. The van der Waals surface area contributed by atoms with Crippen LogP contribution in [0, 0.1) is 10.8 Å². The molecule has 56 heavy (non-hydrogen) atoms. The predicted octanol–water partition coefficient (Wildman–Crippen LogP) is 0.0655. The van der Waals surface area contributed by atoms with Gasteiger partial charge in [0.05, 0.1) is 45.1 Å². The number of aliphatic carboxylic acids is 2. The quantitative estimate of drug-likeness (QED) is 0.0322. The number of carboxylic acids is 2. The number of carbonyl (C=O) groups is 8. The molecule has 0 aromatic heterocycles. The van der Waals surface area contributed by atoms with E-state index in [1.807, 2.05) is 0 Å². The van der Waals surface area contributed by atoms with Gasteiger partial charge in [-0.15, -0.1) is 0 Å². The largest absolute Gasteiger partial charge is 0.483 e. The second-order valence-electron chi connectivity index (χ2n) is 14.0. The Morgan fingerprint density at radius 2 is 1.07 bits per heavy atom. The summed E-state index contributed by atoms with van der Waals surface area (Å²) in [5.41, 5.74) is -1.75. The minimum Gasteiger partial charge on any atom is -0.483 e. The summed E-state index contributed by atoms with van der Waals surface area (Å²) in [4.78, 5) is 91.3. The van der Waals surface area contributed by atoms with Crippen LogP contribution in [-0.2, 0) is 57.3 Å². The molecule has 0 aromatic carbocycles. The van der Waals surface area contributed by atoms with Crippen molar-refractivity contribution in [2.75, 3.05) is 79.0 Å². The second-order valence-corrected chi connectivity index (χ2v) is 14.0. The Balaban J connectivity index is 0. The van der Waals surface area contributed by atoms with Crippen molar-refractivity contribution in [1.82, 2.24) is 26.6 Å². The molecular weight excluding hydrogens is 742 g/mol. The average molecular weight is 808 g/mol. The number of ether oxygens (including phenoxy) is 4. The van der Waals surface area contributed by atoms with E-state index in [0.29, 0.717) is 25.9 Å². The number of amides is 5. The van der Waals surface area contributed by atoms with E-state index in [2.05, 4.69) is 33.5 Å². The third-order valence-corrected chi connectivity index (χ3v) is 7.53. The molecule has 0 aromatic rings. The fraction of sp³-hybridized carbons (Fsp3) is 0.778. The Morgan fingerprint density at radius 3 is 1.57 bits per heavy atom. The minimum absolute atomic E-state index is 0.0240. The van der Waals surface area contributed by atoms with E-state index in [-0.39, 0.29) is 116 Å². The van der Waals surface area contributed by atoms with Crippen LogP contribution in [0.15, 0.2) is 0 Å². The Labute approximate surface area is 328 Å². The molecule has 0 bridgehead atoms. The van der Waals surface area contributed by atoms with Gasteiger partial charge in [0.2, 0.25) is 29.5 Å². The zero-order valence-corrected chi connectivity index (χ0v) is 33.5. The highest BCUT2D eigenvalue weighted by Crippen LogP contribution is 2.36. The lowest BCUT2D eigenvalue weighted by atomic mass is 9.73. The van der Waals surface area contributed by atoms with Crippen LogP contribution in [0.2, 0.25) is 0 Å². The van der Waals surface area contributed by atoms with Gasteiger partial charge >= 0.3 is 11.9 Å². The molecule has 0 aliphatic rings. The summed E-state index contributed by atoms with van der Waals surface area (Å²) in [6.45, 7) is 10.8. The summed E-state index contributed by atoms with van der Waals surface area (Å²) < 4.78 is 21.2. The van der Waals surface area contributed by atoms with Crippen molar-refractivity contribution < 1.29 is 72.6 Å². The smallest absolute Gasteiger partial charge is 0.326 e. The summed E-state index contributed by atoms with van der Waals surface area (Å²) >= 11 is 0. The summed E-state index contributed by atoms with van der Waals surface area (Å²) in [5.74, 6) is -3.87. The molecule has 0 saturated carbocycles. The van der Waals surface area contributed by atoms with E-state index in [0.717, 1.165) is 12.8 Å². The van der Waals surface area contributed by atoms with Gasteiger partial charge in [0.25, 0.3) is 6.47 Å². The van der Waals surface area contributed by atoms with Crippen molar-refractivity contribution in [3.05, 3.63) is 0 Å². The number of carbonyl (C=O) groups excluding carboxylic acids is 5. The fourth-order valence-corrected chi connectivity index (χ4v) is 5.00. The highest BCUT2D eigenvalue weighted by molar-refractivity contribution is 5.85. The SMILES string of the molecule is CCCCNC(=O)CCCNC(=O)COCCOCCNC(=O)COCCOCCNC(=O)CCC(NC(=O)CC(C)(C)CC(C)(C)C(=O)O)C(=O)O.O=CO. The molecule has 0 fully saturated rings. The Morgan fingerprint density at radius 1 is 0.625 bits per heavy atom. The topological polar surface area (TPSA) is 294 Å². The molecule has 20 heteroatoms. The maximum Gasteiger partial charge on any atom is 0.326 e. The van der Waals surface area contributed by atoms with E-state index in [9.17, 15) is 43.8 Å². The predicted molar refractivity (Wildman–Crippen MR) is 201 cm³/mol. The van der Waals surface area contributed by atoms with Gasteiger partial charge in [0.15, 0.2) is 0 Å². The number of hydrogen-bond donors (Lipinski definition) is 8. The van der Waals surface area contributed by atoms with Crippen LogP contribution in [0.5, 0.6) is 0 Å². The summed E-state index contributed by atoms with van der Waals surface area (Å²) in [7, 11) is 0. The summed E-state index contributed by atoms with van der Waals surface area (Å²) in [5, 5.41) is 38.9. The molecule has 0 aliphatic carbocycles. The highest BCUT2D eigenvalue weighted by Gasteiger charge is 2.36. The normalized spacial score (nSPS) is 11.6. The molecule has 0 spiro atoms. The molecule has 8 N–H and O–H groups in total. The van der Waals surface area contributed by atoms with Gasteiger partial charge in [0.1, 0.15) is 19.3 Å². The molecule has 0 rings (SSSR count). The third-order valence-electron chi connectivity index (χ3n) is 7.53. The van der Waals surface area contributed by atoms with E-state index >= 15 is 0 Å². The van der Waals surface area contributed by atoms with Gasteiger partial charge in [-0.3, -0.25) is 33.6 Å². The Kier molecular flexibility index (Phi) is 31.5. The van der Waals surface area contributed by atoms with Crippen LogP contribution >= 0.6 is 0 Å². The number of unbranched alkanes of at least 4 members (excludes halogenated alkanes) is 1. The van der Waals surface area contributed by atoms with Crippen LogP contribution in [0.3, 0.4) is 0 Å². The van der Waals surface area contributed by atoms with Crippen molar-refractivity contribution in [3.8, 4) is 0 Å². The molecule has 1 unspecified atom stereocenters. The first-order chi connectivity index (χ1) is 26.4. The van der Waals surface area contributed by atoms with Gasteiger partial charge in [-0.2, -0.15) is 0 Å². The number of nitrogens with one attached hydrogen (secondary N) is 5. The van der Waals surface area contributed by atoms with Gasteiger partial charge < -0.3 is 60.9 Å². The molecule has 0 saturated heterocycles. The first-order valence-electron chi connectivity index (χ1n) is 18.6. The maximum atomic E-state index is 12.5. The van der Waals surface area contributed by atoms with E-state index in [4.69, 9.17) is 28.8 Å². The van der Waals surface area contributed by atoms with Gasteiger partial charge in [0, 0.05) is 45.4 Å². The molecule has 1 atom stereocenters. The number of hydrogen-bond acceptors (Lipinski definition) is 12. The maximum absolute atomic E-state index is 12.5. The second kappa shape index (κ2) is 32.8. The van der Waals surface area contributed by atoms with Crippen LogP contribution in [0.25, 0.3) is 0 Å². The van der Waals surface area contributed by atoms with Crippen LogP contribution < -0.4 is 26.6 Å². The summed E-state index contributed by atoms with van der Waals surface area (Å²) in [6, 6.07) is -1.28. The lowest BCUT2D eigenvalue weighted by molar-refractivity contribution is -0.149. The molecule has 0 aliphatic heterocycles. The van der Waals surface area contributed by atoms with Crippen LogP contribution in [0.4, 0.5) is 0 Å². The molecule has 0 radical (unpaired) electrons. The van der Waals surface area contributed by atoms with Gasteiger partial charge in [-0.1, -0.05) is 27.2 Å². The van der Waals surface area contributed by atoms with E-state index in [1.54, 1.807) is 27.7 Å². The third kappa shape index (κ3) is 33.0. The monoisotopic (exact) mass is 807 g/mol. The molecule has 0 heterocycles. The Bertz CT molecular complexity index is 1180. The zero-order chi connectivity index (χ0) is 42.8. The standard InChI is InChI=1S/C35H63N5O13.CH2O2/c1-6-7-12-36-27(41)9-8-13-37-30(44)23-52-20-19-51-17-15-39-31(45)24-53-21-18-50-16-14-38-28(42)11-10-26(32(46)47)40-29(43)22-34(2,3)25-35(4,5)33(48)49;2-1-3/h26H,6-25H2,1-5H3,(H,36,41)(H,37,44)(H,38,42)(H,39,45)(H,40,43)(H,46,47)(H,48,49);1H,(H,2,3). The first-order valence-corrected chi connectivity index (χ1v) is 18.6. The van der Waals surface area contributed by atoms with Gasteiger partial charge in [-0.25, -0.2) is 4.79 Å². The average Bonchev–Trinajstić information content (AvgIpc) is 3.10. The highest BCUT2D eigenvalue weighted by atomic mass is 16.5. The van der Waals surface area contributed by atoms with Crippen molar-refractivity contribution in [2.45, 2.75) is 92.0 Å². The molecule has 324 valence electrons. The molecule has 20 nitrogen and oxygen atoms in total. The number of rotatable bonds is 33. The van der Waals surface area contributed by atoms with Crippen LogP contribution in [-0.4, -0.2) is 148 Å². The molecule has 5 amide bonds. The van der Waals surface area contributed by atoms with Crippen molar-refractivity contribution >= 4 is 47.9 Å². The van der Waals surface area contributed by atoms with Crippen LogP contribution in [0.1, 0.15) is 86.0 Å². The molecular formula is C36H65N5O15. The minimum atomic E-state index is -1.28. The summed E-state index contributed by atoms with van der Waals surface area (Å²) in [6.07, 6.45) is 2.71. The van der Waals surface area contributed by atoms with Crippen molar-refractivity contribution in [1.29, 1.82) is 0 Å². The van der Waals surface area contributed by atoms with E-state index in [1.165, 1.54) is 0 Å². The van der Waals surface area contributed by atoms with Gasteiger partial charge in [-0.05, 0) is 44.9 Å². The zero-order valence-electron chi connectivity index (χ0n) is 33.5. The van der Waals surface area contributed by atoms with Crippen molar-refractivity contribution in [2.24, 2.45) is 10.8 Å². The Hall–Kier alpha value is -4.40. The number of carboxylic acid groups (broad SMARTS) is 3.